The molecule has 2 heterocycles. The first-order valence-corrected chi connectivity index (χ1v) is 6.73. The predicted molar refractivity (Wildman–Crippen MR) is 79.3 cm³/mol. The maximum absolute atomic E-state index is 4.72. The number of para-hydroxylation sites is 2. The summed E-state index contributed by atoms with van der Waals surface area (Å²) in [6.45, 7) is 2.94. The van der Waals surface area contributed by atoms with Gasteiger partial charge in [-0.2, -0.15) is 0 Å². The molecule has 0 aliphatic carbocycles. The Hall–Kier alpha value is -2.33. The first kappa shape index (κ1) is 12.7. The highest BCUT2D eigenvalue weighted by molar-refractivity contribution is 5.73. The van der Waals surface area contributed by atoms with Crippen molar-refractivity contribution < 1.29 is 0 Å². The fraction of sp³-hybridized carbons (Fsp3) is 0.188. The molecule has 4 nitrogen and oxygen atoms in total. The van der Waals surface area contributed by atoms with Crippen molar-refractivity contribution >= 4 is 11.0 Å². The van der Waals surface area contributed by atoms with Crippen LogP contribution < -0.4 is 5.32 Å². The maximum Gasteiger partial charge on any atom is 0.0890 e. The lowest BCUT2D eigenvalue weighted by molar-refractivity contribution is 0.613. The van der Waals surface area contributed by atoms with E-state index in [0.29, 0.717) is 0 Å². The topological polar surface area (TPSA) is 50.7 Å². The summed E-state index contributed by atoms with van der Waals surface area (Å²) in [5.74, 6) is 0. The molecule has 2 aromatic heterocycles. The van der Waals surface area contributed by atoms with E-state index < -0.39 is 0 Å². The summed E-state index contributed by atoms with van der Waals surface area (Å²) in [5, 5.41) is 3.44. The summed E-state index contributed by atoms with van der Waals surface area (Å²) < 4.78 is 0. The molecule has 0 radical (unpaired) electrons. The number of hydrogen-bond acceptors (Lipinski definition) is 4. The van der Waals surface area contributed by atoms with E-state index >= 15 is 0 Å². The molecular weight excluding hydrogens is 248 g/mol. The van der Waals surface area contributed by atoms with Crippen LogP contribution in [0.3, 0.4) is 0 Å². The van der Waals surface area contributed by atoms with E-state index in [1.54, 1.807) is 6.20 Å². The summed E-state index contributed by atoms with van der Waals surface area (Å²) in [7, 11) is 0. The van der Waals surface area contributed by atoms with Gasteiger partial charge in [0.2, 0.25) is 0 Å². The number of nitrogens with zero attached hydrogens (tertiary/aromatic N) is 3. The highest BCUT2D eigenvalue weighted by Crippen LogP contribution is 2.20. The molecule has 0 saturated heterocycles. The van der Waals surface area contributed by atoms with Gasteiger partial charge in [0.25, 0.3) is 0 Å². The lowest BCUT2D eigenvalue weighted by Crippen LogP contribution is -2.23. The van der Waals surface area contributed by atoms with Gasteiger partial charge in [-0.05, 0) is 30.3 Å². The van der Waals surface area contributed by atoms with E-state index in [-0.39, 0.29) is 6.04 Å². The summed E-state index contributed by atoms with van der Waals surface area (Å²) in [6.07, 6.45) is 5.48. The van der Waals surface area contributed by atoms with Crippen LogP contribution in [-0.2, 0) is 0 Å². The second kappa shape index (κ2) is 5.75. The van der Waals surface area contributed by atoms with E-state index in [0.717, 1.165) is 28.8 Å². The molecule has 0 saturated carbocycles. The quantitative estimate of drug-likeness (QED) is 0.787. The first-order valence-electron chi connectivity index (χ1n) is 6.73. The second-order valence-corrected chi connectivity index (χ2v) is 4.56. The molecular formula is C16H16N4. The average molecular weight is 264 g/mol. The van der Waals surface area contributed by atoms with Gasteiger partial charge in [0.05, 0.1) is 29.0 Å². The number of aromatic nitrogens is 3. The van der Waals surface area contributed by atoms with Crippen LogP contribution in [0, 0.1) is 0 Å². The van der Waals surface area contributed by atoms with E-state index in [4.69, 9.17) is 4.98 Å². The molecule has 3 aromatic rings. The Morgan fingerprint density at radius 1 is 1.05 bits per heavy atom. The zero-order chi connectivity index (χ0) is 13.8. The minimum Gasteiger partial charge on any atom is -0.305 e. The Bertz CT molecular complexity index is 697. The van der Waals surface area contributed by atoms with Gasteiger partial charge in [-0.3, -0.25) is 9.97 Å². The number of fused-ring (bicyclic) bond motifs is 1. The average Bonchev–Trinajstić information content (AvgIpc) is 2.53. The number of benzene rings is 1. The Kier molecular flexibility index (Phi) is 3.65. The van der Waals surface area contributed by atoms with Gasteiger partial charge in [-0.25, -0.2) is 4.98 Å². The molecule has 4 heteroatoms. The normalized spacial score (nSPS) is 12.4. The standard InChI is InChI=1S/C16H16N4/c1-2-18-16(12-6-5-9-17-10-12)15-11-19-13-7-3-4-8-14(13)20-15/h3-11,16,18H,2H2,1H3. The zero-order valence-corrected chi connectivity index (χ0v) is 11.3. The molecule has 0 spiro atoms. The summed E-state index contributed by atoms with van der Waals surface area (Å²) in [6, 6.07) is 11.9. The van der Waals surface area contributed by atoms with Gasteiger partial charge in [0.1, 0.15) is 0 Å². The Balaban J connectivity index is 2.05. The van der Waals surface area contributed by atoms with Gasteiger partial charge < -0.3 is 5.32 Å². The predicted octanol–water partition coefficient (Wildman–Crippen LogP) is 2.72. The van der Waals surface area contributed by atoms with Crippen molar-refractivity contribution in [1.29, 1.82) is 0 Å². The lowest BCUT2D eigenvalue weighted by atomic mass is 10.1. The maximum atomic E-state index is 4.72. The Labute approximate surface area is 117 Å². The molecule has 3 rings (SSSR count). The van der Waals surface area contributed by atoms with Crippen LogP contribution in [0.25, 0.3) is 11.0 Å². The molecule has 0 amide bonds. The summed E-state index contributed by atoms with van der Waals surface area (Å²) in [5.41, 5.74) is 3.84. The molecule has 1 unspecified atom stereocenters. The smallest absolute Gasteiger partial charge is 0.0890 e. The third-order valence-corrected chi connectivity index (χ3v) is 3.19. The summed E-state index contributed by atoms with van der Waals surface area (Å²) >= 11 is 0. The first-order chi connectivity index (χ1) is 9.88. The van der Waals surface area contributed by atoms with Crippen molar-refractivity contribution in [2.24, 2.45) is 0 Å². The molecule has 100 valence electrons. The number of rotatable bonds is 4. The Morgan fingerprint density at radius 2 is 1.90 bits per heavy atom. The monoisotopic (exact) mass is 264 g/mol. The zero-order valence-electron chi connectivity index (χ0n) is 11.3. The molecule has 0 bridgehead atoms. The number of pyridine rings is 1. The second-order valence-electron chi connectivity index (χ2n) is 4.56. The van der Waals surface area contributed by atoms with Crippen molar-refractivity contribution in [2.75, 3.05) is 6.54 Å². The fourth-order valence-corrected chi connectivity index (χ4v) is 2.25. The third kappa shape index (κ3) is 2.51. The molecule has 1 aromatic carbocycles. The molecule has 0 aliphatic heterocycles. The van der Waals surface area contributed by atoms with Crippen molar-refractivity contribution in [3.05, 3.63) is 66.2 Å². The Morgan fingerprint density at radius 3 is 2.65 bits per heavy atom. The van der Waals surface area contributed by atoms with E-state index in [1.807, 2.05) is 42.7 Å². The van der Waals surface area contributed by atoms with Crippen LogP contribution in [0.1, 0.15) is 24.2 Å². The van der Waals surface area contributed by atoms with Crippen molar-refractivity contribution in [3.8, 4) is 0 Å². The minimum absolute atomic E-state index is 0.0193. The van der Waals surface area contributed by atoms with Crippen LogP contribution in [0.2, 0.25) is 0 Å². The fourth-order valence-electron chi connectivity index (χ4n) is 2.25. The van der Waals surface area contributed by atoms with E-state index in [1.165, 1.54) is 0 Å². The van der Waals surface area contributed by atoms with Crippen LogP contribution in [-0.4, -0.2) is 21.5 Å². The van der Waals surface area contributed by atoms with Gasteiger partial charge >= 0.3 is 0 Å². The summed E-state index contributed by atoms with van der Waals surface area (Å²) in [4.78, 5) is 13.4. The molecule has 1 N–H and O–H groups in total. The van der Waals surface area contributed by atoms with Crippen LogP contribution >= 0.6 is 0 Å². The van der Waals surface area contributed by atoms with Crippen molar-refractivity contribution in [3.63, 3.8) is 0 Å². The molecule has 20 heavy (non-hydrogen) atoms. The SMILES string of the molecule is CCNC(c1cccnc1)c1cnc2ccccc2n1. The van der Waals surface area contributed by atoms with Crippen LogP contribution in [0.4, 0.5) is 0 Å². The molecule has 1 atom stereocenters. The van der Waals surface area contributed by atoms with Crippen molar-refractivity contribution in [2.45, 2.75) is 13.0 Å². The van der Waals surface area contributed by atoms with Gasteiger partial charge in [0, 0.05) is 12.4 Å². The molecule has 0 fully saturated rings. The van der Waals surface area contributed by atoms with Crippen molar-refractivity contribution in [1.82, 2.24) is 20.3 Å². The minimum atomic E-state index is 0.0193. The van der Waals surface area contributed by atoms with E-state index in [9.17, 15) is 0 Å². The third-order valence-electron chi connectivity index (χ3n) is 3.19. The van der Waals surface area contributed by atoms with Gasteiger partial charge in [-0.1, -0.05) is 25.1 Å². The van der Waals surface area contributed by atoms with Crippen LogP contribution in [0.15, 0.2) is 55.0 Å². The highest BCUT2D eigenvalue weighted by atomic mass is 15.0. The number of nitrogens with one attached hydrogen (secondary N) is 1. The van der Waals surface area contributed by atoms with Gasteiger partial charge in [0.15, 0.2) is 0 Å². The lowest BCUT2D eigenvalue weighted by Gasteiger charge is -2.17. The van der Waals surface area contributed by atoms with Gasteiger partial charge in [-0.15, -0.1) is 0 Å². The molecule has 0 aliphatic rings. The van der Waals surface area contributed by atoms with E-state index in [2.05, 4.69) is 28.3 Å². The van der Waals surface area contributed by atoms with Crippen LogP contribution in [0.5, 0.6) is 0 Å². The number of hydrogen-bond donors (Lipinski definition) is 1. The highest BCUT2D eigenvalue weighted by Gasteiger charge is 2.15. The largest absolute Gasteiger partial charge is 0.305 e.